The Hall–Kier alpha value is -1.15. The van der Waals surface area contributed by atoms with E-state index in [-0.39, 0.29) is 11.8 Å². The average molecular weight is 346 g/mol. The summed E-state index contributed by atoms with van der Waals surface area (Å²) in [6, 6.07) is 6.91. The minimum Gasteiger partial charge on any atom is -0.326 e. The van der Waals surface area contributed by atoms with Crippen LogP contribution in [-0.2, 0) is 15.0 Å². The first-order chi connectivity index (χ1) is 10.3. The summed E-state index contributed by atoms with van der Waals surface area (Å²) in [6.07, 6.45) is 1.04. The van der Waals surface area contributed by atoms with Gasteiger partial charge in [-0.2, -0.15) is 17.0 Å². The van der Waals surface area contributed by atoms with Crippen LogP contribution >= 0.6 is 11.6 Å². The molecule has 6 nitrogen and oxygen atoms in total. The number of piperidine rings is 1. The number of nitrogens with one attached hydrogen (secondary N) is 1. The Morgan fingerprint density at radius 1 is 1.23 bits per heavy atom. The summed E-state index contributed by atoms with van der Waals surface area (Å²) in [7, 11) is -0.375. The standard InChI is InChI=1S/C14H20ClN3O3S/c1-17(2)22(20,21)18-9-7-11(8-10-18)14(19)16-13-5-3-12(15)4-6-13/h3-6,11H,7-10H2,1-2H3,(H,16,19). The van der Waals surface area contributed by atoms with Gasteiger partial charge in [-0.1, -0.05) is 11.6 Å². The van der Waals surface area contributed by atoms with E-state index < -0.39 is 10.2 Å². The summed E-state index contributed by atoms with van der Waals surface area (Å²) in [5, 5.41) is 3.45. The Balaban J connectivity index is 1.91. The van der Waals surface area contributed by atoms with Crippen molar-refractivity contribution in [1.82, 2.24) is 8.61 Å². The number of rotatable bonds is 4. The molecule has 122 valence electrons. The van der Waals surface area contributed by atoms with E-state index in [2.05, 4.69) is 5.32 Å². The summed E-state index contributed by atoms with van der Waals surface area (Å²) in [6.45, 7) is 0.721. The molecule has 8 heteroatoms. The summed E-state index contributed by atoms with van der Waals surface area (Å²) in [5.41, 5.74) is 0.692. The number of hydrogen-bond donors (Lipinski definition) is 1. The van der Waals surface area contributed by atoms with Crippen LogP contribution in [0.25, 0.3) is 0 Å². The third-order valence-corrected chi connectivity index (χ3v) is 5.92. The highest BCUT2D eigenvalue weighted by molar-refractivity contribution is 7.86. The molecule has 22 heavy (non-hydrogen) atoms. The molecule has 0 unspecified atom stereocenters. The molecule has 1 heterocycles. The molecule has 0 atom stereocenters. The monoisotopic (exact) mass is 345 g/mol. The van der Waals surface area contributed by atoms with Gasteiger partial charge in [0.05, 0.1) is 0 Å². The largest absolute Gasteiger partial charge is 0.326 e. The lowest BCUT2D eigenvalue weighted by Gasteiger charge is -2.32. The molecule has 0 spiro atoms. The van der Waals surface area contributed by atoms with Gasteiger partial charge in [-0.15, -0.1) is 0 Å². The van der Waals surface area contributed by atoms with E-state index in [9.17, 15) is 13.2 Å². The highest BCUT2D eigenvalue weighted by atomic mass is 35.5. The van der Waals surface area contributed by atoms with Crippen molar-refractivity contribution in [1.29, 1.82) is 0 Å². The molecule has 1 aromatic carbocycles. The summed E-state index contributed by atoms with van der Waals surface area (Å²) in [5.74, 6) is -0.256. The second kappa shape index (κ2) is 6.95. The van der Waals surface area contributed by atoms with Crippen molar-refractivity contribution in [3.8, 4) is 0 Å². The van der Waals surface area contributed by atoms with E-state index in [1.165, 1.54) is 22.7 Å². The minimum absolute atomic E-state index is 0.0794. The molecule has 0 bridgehead atoms. The fraction of sp³-hybridized carbons (Fsp3) is 0.500. The maximum absolute atomic E-state index is 12.2. The summed E-state index contributed by atoms with van der Waals surface area (Å²) < 4.78 is 26.7. The van der Waals surface area contributed by atoms with Gasteiger partial charge in [0.25, 0.3) is 10.2 Å². The third-order valence-electron chi connectivity index (χ3n) is 3.72. The lowest BCUT2D eigenvalue weighted by atomic mass is 9.97. The van der Waals surface area contributed by atoms with Crippen molar-refractivity contribution in [3.63, 3.8) is 0 Å². The number of hydrogen-bond acceptors (Lipinski definition) is 3. The number of carbonyl (C=O) groups excluding carboxylic acids is 1. The van der Waals surface area contributed by atoms with Gasteiger partial charge >= 0.3 is 0 Å². The first-order valence-electron chi connectivity index (χ1n) is 7.05. The Labute approximate surface area is 136 Å². The molecule has 0 aliphatic carbocycles. The van der Waals surface area contributed by atoms with E-state index >= 15 is 0 Å². The number of carbonyl (C=O) groups is 1. The van der Waals surface area contributed by atoms with Crippen LogP contribution in [0.3, 0.4) is 0 Å². The predicted octanol–water partition coefficient (Wildman–Crippen LogP) is 1.80. The zero-order chi connectivity index (χ0) is 16.3. The molecule has 1 aliphatic heterocycles. The van der Waals surface area contributed by atoms with Gasteiger partial charge in [0, 0.05) is 43.8 Å². The Morgan fingerprint density at radius 2 is 1.77 bits per heavy atom. The van der Waals surface area contributed by atoms with Crippen LogP contribution in [0, 0.1) is 5.92 Å². The maximum Gasteiger partial charge on any atom is 0.281 e. The summed E-state index contributed by atoms with van der Waals surface area (Å²) >= 11 is 5.80. The quantitative estimate of drug-likeness (QED) is 0.904. The SMILES string of the molecule is CN(C)S(=O)(=O)N1CCC(C(=O)Nc2ccc(Cl)cc2)CC1. The molecule has 1 aliphatic rings. The van der Waals surface area contributed by atoms with E-state index in [1.54, 1.807) is 24.3 Å². The molecule has 1 aromatic rings. The van der Waals surface area contributed by atoms with Crippen LogP contribution in [0.15, 0.2) is 24.3 Å². The van der Waals surface area contributed by atoms with Crippen molar-refractivity contribution in [2.75, 3.05) is 32.5 Å². The highest BCUT2D eigenvalue weighted by Gasteiger charge is 2.32. The topological polar surface area (TPSA) is 69.7 Å². The predicted molar refractivity (Wildman–Crippen MR) is 87.0 cm³/mol. The Kier molecular flexibility index (Phi) is 5.44. The van der Waals surface area contributed by atoms with Crippen LogP contribution in [0.5, 0.6) is 0 Å². The van der Waals surface area contributed by atoms with E-state index in [0.29, 0.717) is 36.6 Å². The first kappa shape index (κ1) is 17.2. The fourth-order valence-corrected chi connectivity index (χ4v) is 3.62. The van der Waals surface area contributed by atoms with E-state index in [0.717, 1.165) is 0 Å². The number of benzene rings is 1. The normalized spacial score (nSPS) is 17.6. The van der Waals surface area contributed by atoms with Crippen LogP contribution in [0.2, 0.25) is 5.02 Å². The van der Waals surface area contributed by atoms with E-state index in [1.807, 2.05) is 0 Å². The smallest absolute Gasteiger partial charge is 0.281 e. The van der Waals surface area contributed by atoms with Crippen molar-refractivity contribution in [2.45, 2.75) is 12.8 Å². The van der Waals surface area contributed by atoms with E-state index in [4.69, 9.17) is 11.6 Å². The molecule has 0 saturated carbocycles. The van der Waals surface area contributed by atoms with Gasteiger partial charge in [0.2, 0.25) is 5.91 Å². The second-order valence-corrected chi connectivity index (χ2v) is 8.04. The third kappa shape index (κ3) is 3.98. The number of amides is 1. The van der Waals surface area contributed by atoms with Gasteiger partial charge in [0.1, 0.15) is 0 Å². The molecule has 1 saturated heterocycles. The molecule has 0 aromatic heterocycles. The van der Waals surface area contributed by atoms with Crippen molar-refractivity contribution in [3.05, 3.63) is 29.3 Å². The Bertz CT molecular complexity index is 623. The zero-order valence-electron chi connectivity index (χ0n) is 12.6. The highest BCUT2D eigenvalue weighted by Crippen LogP contribution is 2.22. The Morgan fingerprint density at radius 3 is 2.27 bits per heavy atom. The van der Waals surface area contributed by atoms with Crippen LogP contribution in [0.4, 0.5) is 5.69 Å². The van der Waals surface area contributed by atoms with Crippen LogP contribution in [-0.4, -0.2) is 50.1 Å². The van der Waals surface area contributed by atoms with Crippen molar-refractivity contribution < 1.29 is 13.2 Å². The van der Waals surface area contributed by atoms with Gasteiger partial charge < -0.3 is 5.32 Å². The zero-order valence-corrected chi connectivity index (χ0v) is 14.2. The lowest BCUT2D eigenvalue weighted by molar-refractivity contribution is -0.120. The maximum atomic E-state index is 12.2. The second-order valence-electron chi connectivity index (χ2n) is 5.46. The minimum atomic E-state index is -3.39. The number of nitrogens with zero attached hydrogens (tertiary/aromatic N) is 2. The first-order valence-corrected chi connectivity index (χ1v) is 8.82. The van der Waals surface area contributed by atoms with Gasteiger partial charge in [-0.3, -0.25) is 4.79 Å². The molecule has 2 rings (SSSR count). The van der Waals surface area contributed by atoms with Gasteiger partial charge in [-0.05, 0) is 37.1 Å². The molecule has 0 radical (unpaired) electrons. The molecule has 1 fully saturated rings. The summed E-state index contributed by atoms with van der Waals surface area (Å²) in [4.78, 5) is 12.2. The molecular formula is C14H20ClN3O3S. The molecule has 1 N–H and O–H groups in total. The number of anilines is 1. The van der Waals surface area contributed by atoms with Crippen molar-refractivity contribution in [2.24, 2.45) is 5.92 Å². The van der Waals surface area contributed by atoms with Gasteiger partial charge in [-0.25, -0.2) is 0 Å². The lowest BCUT2D eigenvalue weighted by Crippen LogP contribution is -2.46. The van der Waals surface area contributed by atoms with Crippen LogP contribution < -0.4 is 5.32 Å². The van der Waals surface area contributed by atoms with Gasteiger partial charge in [0.15, 0.2) is 0 Å². The van der Waals surface area contributed by atoms with Crippen LogP contribution in [0.1, 0.15) is 12.8 Å². The fourth-order valence-electron chi connectivity index (χ4n) is 2.36. The number of halogens is 1. The average Bonchev–Trinajstić information content (AvgIpc) is 2.49. The van der Waals surface area contributed by atoms with Crippen molar-refractivity contribution >= 4 is 33.4 Å². The molecule has 1 amide bonds. The molecular weight excluding hydrogens is 326 g/mol.